The summed E-state index contributed by atoms with van der Waals surface area (Å²) in [6.45, 7) is 2.03. The second-order valence-corrected chi connectivity index (χ2v) is 5.68. The van der Waals surface area contributed by atoms with Crippen LogP contribution in [0.15, 0.2) is 0 Å². The lowest BCUT2D eigenvalue weighted by atomic mass is 10.00. The van der Waals surface area contributed by atoms with Crippen molar-refractivity contribution in [2.75, 3.05) is 6.61 Å². The zero-order chi connectivity index (χ0) is 11.5. The van der Waals surface area contributed by atoms with Gasteiger partial charge in [-0.1, -0.05) is 6.92 Å². The molecule has 1 N–H and O–H groups in total. The first-order valence-electron chi connectivity index (χ1n) is 6.08. The third-order valence-electron chi connectivity index (χ3n) is 4.47. The summed E-state index contributed by atoms with van der Waals surface area (Å²) in [6.07, 6.45) is 3.23. The van der Waals surface area contributed by atoms with E-state index >= 15 is 0 Å². The molecule has 2 saturated carbocycles. The van der Waals surface area contributed by atoms with Crippen LogP contribution in [0.4, 0.5) is 0 Å². The normalized spacial score (nSPS) is 40.4. The molecule has 3 aliphatic rings. The summed E-state index contributed by atoms with van der Waals surface area (Å²) in [5.74, 6) is 0.254. The van der Waals surface area contributed by atoms with Crippen molar-refractivity contribution < 1.29 is 14.7 Å². The molecule has 3 fully saturated rings. The van der Waals surface area contributed by atoms with Crippen LogP contribution in [0, 0.1) is 17.8 Å². The lowest BCUT2D eigenvalue weighted by Gasteiger charge is -2.25. The molecule has 2 amide bonds. The number of rotatable bonds is 2. The molecule has 2 aliphatic carbocycles. The summed E-state index contributed by atoms with van der Waals surface area (Å²) < 4.78 is 0. The number of aliphatic hydroxyl groups is 1. The quantitative estimate of drug-likeness (QED) is 0.695. The molecule has 0 bridgehead atoms. The Morgan fingerprint density at radius 1 is 1.25 bits per heavy atom. The molecule has 0 aromatic carbocycles. The number of likely N-dealkylation sites (tertiary alicyclic amines) is 1. The number of hydrogen-bond acceptors (Lipinski definition) is 3. The van der Waals surface area contributed by atoms with Gasteiger partial charge in [-0.05, 0) is 31.6 Å². The van der Waals surface area contributed by atoms with Crippen LogP contribution in [-0.2, 0) is 9.59 Å². The average molecular weight is 223 g/mol. The van der Waals surface area contributed by atoms with Crippen LogP contribution in [-0.4, -0.2) is 34.0 Å². The predicted octanol–water partition coefficient (Wildman–Crippen LogP) is 0.542. The van der Waals surface area contributed by atoms with E-state index in [0.717, 1.165) is 25.7 Å². The summed E-state index contributed by atoms with van der Waals surface area (Å²) >= 11 is 0. The summed E-state index contributed by atoms with van der Waals surface area (Å²) in [5.41, 5.74) is -0.512. The minimum absolute atomic E-state index is 0.0223. The van der Waals surface area contributed by atoms with E-state index in [1.807, 2.05) is 0 Å². The average Bonchev–Trinajstić information content (AvgIpc) is 2.88. The van der Waals surface area contributed by atoms with Gasteiger partial charge >= 0.3 is 0 Å². The van der Waals surface area contributed by atoms with Crippen molar-refractivity contribution in [1.29, 1.82) is 0 Å². The third-order valence-corrected chi connectivity index (χ3v) is 4.47. The first kappa shape index (κ1) is 10.3. The highest BCUT2D eigenvalue weighted by Crippen LogP contribution is 2.50. The van der Waals surface area contributed by atoms with E-state index in [9.17, 15) is 14.7 Å². The molecule has 3 rings (SSSR count). The highest BCUT2D eigenvalue weighted by Gasteiger charge is 2.61. The Morgan fingerprint density at radius 2 is 1.75 bits per heavy atom. The van der Waals surface area contributed by atoms with Crippen molar-refractivity contribution in [1.82, 2.24) is 4.90 Å². The van der Waals surface area contributed by atoms with Crippen molar-refractivity contribution in [3.8, 4) is 0 Å². The van der Waals surface area contributed by atoms with E-state index in [-0.39, 0.29) is 30.3 Å². The summed E-state index contributed by atoms with van der Waals surface area (Å²) in [6, 6.07) is 0. The maximum absolute atomic E-state index is 12.2. The van der Waals surface area contributed by atoms with Gasteiger partial charge in [0.25, 0.3) is 0 Å². The van der Waals surface area contributed by atoms with Crippen LogP contribution < -0.4 is 0 Å². The molecule has 16 heavy (non-hydrogen) atoms. The maximum atomic E-state index is 12.2. The molecular formula is C12H17NO3. The number of imide groups is 1. The van der Waals surface area contributed by atoms with Gasteiger partial charge in [0.2, 0.25) is 11.8 Å². The number of fused-ring (bicyclic) bond motifs is 1. The zero-order valence-electron chi connectivity index (χ0n) is 9.48. The van der Waals surface area contributed by atoms with E-state index in [2.05, 4.69) is 6.92 Å². The van der Waals surface area contributed by atoms with Gasteiger partial charge in [-0.3, -0.25) is 14.5 Å². The molecule has 4 heteroatoms. The molecule has 88 valence electrons. The van der Waals surface area contributed by atoms with Gasteiger partial charge in [-0.15, -0.1) is 0 Å². The Balaban J connectivity index is 1.89. The highest BCUT2D eigenvalue weighted by atomic mass is 16.3. The number of amides is 2. The number of hydrogen-bond donors (Lipinski definition) is 1. The maximum Gasteiger partial charge on any atom is 0.233 e. The van der Waals surface area contributed by atoms with Crippen LogP contribution in [0.3, 0.4) is 0 Å². The first-order valence-corrected chi connectivity index (χ1v) is 6.08. The molecule has 0 radical (unpaired) electrons. The molecule has 0 aromatic rings. The van der Waals surface area contributed by atoms with Crippen molar-refractivity contribution in [3.63, 3.8) is 0 Å². The fourth-order valence-electron chi connectivity index (χ4n) is 3.34. The third kappa shape index (κ3) is 1.14. The van der Waals surface area contributed by atoms with Gasteiger partial charge in [0.15, 0.2) is 0 Å². The SMILES string of the molecule is CC1CC2C(=O)N(C3(CO)CC3)C(=O)C2C1. The van der Waals surface area contributed by atoms with Gasteiger partial charge in [-0.2, -0.15) is 0 Å². The van der Waals surface area contributed by atoms with E-state index in [1.165, 1.54) is 4.90 Å². The van der Waals surface area contributed by atoms with Crippen LogP contribution in [0.1, 0.15) is 32.6 Å². The van der Waals surface area contributed by atoms with Crippen LogP contribution in [0.25, 0.3) is 0 Å². The molecule has 0 spiro atoms. The lowest BCUT2D eigenvalue weighted by molar-refractivity contribution is -0.145. The second-order valence-electron chi connectivity index (χ2n) is 5.68. The van der Waals surface area contributed by atoms with Gasteiger partial charge < -0.3 is 5.11 Å². The lowest BCUT2D eigenvalue weighted by Crippen LogP contribution is -2.45. The molecule has 1 saturated heterocycles. The van der Waals surface area contributed by atoms with E-state index in [0.29, 0.717) is 5.92 Å². The van der Waals surface area contributed by atoms with Crippen molar-refractivity contribution >= 4 is 11.8 Å². The molecule has 2 atom stereocenters. The Hall–Kier alpha value is -0.900. The van der Waals surface area contributed by atoms with Crippen molar-refractivity contribution in [2.24, 2.45) is 17.8 Å². The minimum atomic E-state index is -0.512. The molecular weight excluding hydrogens is 206 g/mol. The van der Waals surface area contributed by atoms with Crippen LogP contribution in [0.5, 0.6) is 0 Å². The predicted molar refractivity (Wildman–Crippen MR) is 56.3 cm³/mol. The smallest absolute Gasteiger partial charge is 0.233 e. The summed E-state index contributed by atoms with van der Waals surface area (Å²) in [4.78, 5) is 25.8. The molecule has 4 nitrogen and oxygen atoms in total. The number of carbonyl (C=O) groups is 2. The number of carbonyl (C=O) groups excluding carboxylic acids is 2. The van der Waals surface area contributed by atoms with Crippen LogP contribution in [0.2, 0.25) is 0 Å². The van der Waals surface area contributed by atoms with E-state index < -0.39 is 5.54 Å². The zero-order valence-corrected chi connectivity index (χ0v) is 9.48. The first-order chi connectivity index (χ1) is 7.59. The fourth-order valence-corrected chi connectivity index (χ4v) is 3.34. The minimum Gasteiger partial charge on any atom is -0.394 e. The largest absolute Gasteiger partial charge is 0.394 e. The second kappa shape index (κ2) is 3.06. The molecule has 2 unspecified atom stereocenters. The van der Waals surface area contributed by atoms with Crippen molar-refractivity contribution in [2.45, 2.75) is 38.1 Å². The monoisotopic (exact) mass is 223 g/mol. The Morgan fingerprint density at radius 3 is 2.12 bits per heavy atom. The highest BCUT2D eigenvalue weighted by molar-refractivity contribution is 6.06. The summed E-state index contributed by atoms with van der Waals surface area (Å²) in [5, 5.41) is 9.32. The van der Waals surface area contributed by atoms with Gasteiger partial charge in [0.1, 0.15) is 0 Å². The standard InChI is InChI=1S/C12H17NO3/c1-7-4-8-9(5-7)11(16)13(10(8)15)12(6-14)2-3-12/h7-9,14H,2-6H2,1H3. The number of nitrogens with zero attached hydrogens (tertiary/aromatic N) is 1. The van der Waals surface area contributed by atoms with Crippen molar-refractivity contribution in [3.05, 3.63) is 0 Å². The van der Waals surface area contributed by atoms with E-state index in [4.69, 9.17) is 0 Å². The summed E-state index contributed by atoms with van der Waals surface area (Å²) in [7, 11) is 0. The Kier molecular flexibility index (Phi) is 1.97. The topological polar surface area (TPSA) is 57.6 Å². The molecule has 0 aromatic heterocycles. The van der Waals surface area contributed by atoms with Crippen LogP contribution >= 0.6 is 0 Å². The number of aliphatic hydroxyl groups excluding tert-OH is 1. The fraction of sp³-hybridized carbons (Fsp3) is 0.833. The van der Waals surface area contributed by atoms with E-state index in [1.54, 1.807) is 0 Å². The molecule has 1 heterocycles. The van der Waals surface area contributed by atoms with Gasteiger partial charge in [0.05, 0.1) is 24.0 Å². The Bertz CT molecular complexity index is 337. The van der Waals surface area contributed by atoms with Gasteiger partial charge in [0, 0.05) is 0 Å². The Labute approximate surface area is 94.6 Å². The molecule has 1 aliphatic heterocycles. The van der Waals surface area contributed by atoms with Gasteiger partial charge in [-0.25, -0.2) is 0 Å².